The van der Waals surface area contributed by atoms with Gasteiger partial charge in [0.25, 0.3) is 0 Å². The Morgan fingerprint density at radius 1 is 1.25 bits per heavy atom. The van der Waals surface area contributed by atoms with E-state index in [2.05, 4.69) is 24.8 Å². The van der Waals surface area contributed by atoms with Crippen LogP contribution >= 0.6 is 0 Å². The maximum Gasteiger partial charge on any atom is 0.115 e. The average Bonchev–Trinajstić information content (AvgIpc) is 2.99. The van der Waals surface area contributed by atoms with E-state index in [9.17, 15) is 5.11 Å². The summed E-state index contributed by atoms with van der Waals surface area (Å²) < 4.78 is 0. The first-order chi connectivity index (χ1) is 9.55. The van der Waals surface area contributed by atoms with Crippen LogP contribution in [0, 0.1) is 5.41 Å². The molecule has 0 aromatic heterocycles. The van der Waals surface area contributed by atoms with Crippen molar-refractivity contribution in [3.8, 4) is 5.75 Å². The van der Waals surface area contributed by atoms with Gasteiger partial charge in [0.2, 0.25) is 0 Å². The van der Waals surface area contributed by atoms with Crippen LogP contribution in [0.25, 0.3) is 0 Å². The average molecular weight is 273 g/mol. The minimum Gasteiger partial charge on any atom is -0.508 e. The van der Waals surface area contributed by atoms with Gasteiger partial charge in [0.1, 0.15) is 5.75 Å². The Morgan fingerprint density at radius 3 is 2.70 bits per heavy atom. The van der Waals surface area contributed by atoms with Gasteiger partial charge in [-0.15, -0.1) is 0 Å². The van der Waals surface area contributed by atoms with E-state index in [1.165, 1.54) is 57.3 Å². The Kier molecular flexibility index (Phi) is 3.53. The number of benzene rings is 1. The fourth-order valence-corrected chi connectivity index (χ4v) is 3.90. The SMILES string of the molecule is CCC[C@@]1(c2cccc(O)c2)CCN(CC2(C)CC2)C1. The quantitative estimate of drug-likeness (QED) is 0.878. The van der Waals surface area contributed by atoms with Crippen LogP contribution in [0.3, 0.4) is 0 Å². The molecule has 1 N–H and O–H groups in total. The second-order valence-corrected chi connectivity index (χ2v) is 7.35. The number of phenolic OH excluding ortho intramolecular Hbond substituents is 1. The fourth-order valence-electron chi connectivity index (χ4n) is 3.90. The van der Waals surface area contributed by atoms with E-state index >= 15 is 0 Å². The molecule has 1 atom stereocenters. The van der Waals surface area contributed by atoms with Crippen LogP contribution in [0.4, 0.5) is 0 Å². The van der Waals surface area contributed by atoms with E-state index in [4.69, 9.17) is 0 Å². The van der Waals surface area contributed by atoms with Gasteiger partial charge >= 0.3 is 0 Å². The normalized spacial score (nSPS) is 28.7. The van der Waals surface area contributed by atoms with Crippen molar-refractivity contribution in [1.82, 2.24) is 4.90 Å². The van der Waals surface area contributed by atoms with Crippen LogP contribution in [-0.4, -0.2) is 29.6 Å². The van der Waals surface area contributed by atoms with Gasteiger partial charge in [-0.2, -0.15) is 0 Å². The predicted molar refractivity (Wildman–Crippen MR) is 83.1 cm³/mol. The Morgan fingerprint density at radius 2 is 2.05 bits per heavy atom. The summed E-state index contributed by atoms with van der Waals surface area (Å²) in [6, 6.07) is 7.96. The molecule has 2 nitrogen and oxygen atoms in total. The molecule has 3 rings (SSSR count). The molecule has 1 heterocycles. The van der Waals surface area contributed by atoms with Gasteiger partial charge in [-0.25, -0.2) is 0 Å². The van der Waals surface area contributed by atoms with Gasteiger partial charge in [0.05, 0.1) is 0 Å². The standard InChI is InChI=1S/C18H27NO/c1-3-7-18(15-5-4-6-16(20)12-15)10-11-19(14-18)13-17(2)8-9-17/h4-6,12,20H,3,7-11,13-14H2,1-2H3/t18-/m1/s1. The molecule has 0 bridgehead atoms. The first kappa shape index (κ1) is 13.9. The molecule has 110 valence electrons. The number of nitrogens with zero attached hydrogens (tertiary/aromatic N) is 1. The smallest absolute Gasteiger partial charge is 0.115 e. The highest BCUT2D eigenvalue weighted by molar-refractivity contribution is 5.34. The lowest BCUT2D eigenvalue weighted by Crippen LogP contribution is -2.33. The lowest BCUT2D eigenvalue weighted by Gasteiger charge is -2.31. The zero-order valence-corrected chi connectivity index (χ0v) is 12.9. The minimum absolute atomic E-state index is 0.263. The molecule has 20 heavy (non-hydrogen) atoms. The van der Waals surface area contributed by atoms with Gasteiger partial charge in [-0.1, -0.05) is 32.4 Å². The summed E-state index contributed by atoms with van der Waals surface area (Å²) in [6.45, 7) is 8.33. The lowest BCUT2D eigenvalue weighted by atomic mass is 9.76. The summed E-state index contributed by atoms with van der Waals surface area (Å²) in [4.78, 5) is 2.66. The highest BCUT2D eigenvalue weighted by Gasteiger charge is 2.44. The lowest BCUT2D eigenvalue weighted by molar-refractivity contribution is 0.254. The fraction of sp³-hybridized carbons (Fsp3) is 0.667. The zero-order valence-electron chi connectivity index (χ0n) is 12.9. The molecule has 2 heteroatoms. The molecule has 1 aromatic carbocycles. The summed E-state index contributed by atoms with van der Waals surface area (Å²) in [6.07, 6.45) is 6.47. The van der Waals surface area contributed by atoms with E-state index in [-0.39, 0.29) is 5.41 Å². The molecule has 0 radical (unpaired) electrons. The van der Waals surface area contributed by atoms with Gasteiger partial charge in [0, 0.05) is 18.5 Å². The van der Waals surface area contributed by atoms with Crippen LogP contribution < -0.4 is 0 Å². The predicted octanol–water partition coefficient (Wildman–Crippen LogP) is 3.94. The van der Waals surface area contributed by atoms with Crippen molar-refractivity contribution < 1.29 is 5.11 Å². The molecule has 1 aliphatic heterocycles. The largest absolute Gasteiger partial charge is 0.508 e. The summed E-state index contributed by atoms with van der Waals surface area (Å²) in [5.74, 6) is 0.408. The van der Waals surface area contributed by atoms with Crippen molar-refractivity contribution in [2.75, 3.05) is 19.6 Å². The van der Waals surface area contributed by atoms with Crippen molar-refractivity contribution in [3.63, 3.8) is 0 Å². The Bertz CT molecular complexity index is 480. The van der Waals surface area contributed by atoms with Crippen molar-refractivity contribution in [1.29, 1.82) is 0 Å². The van der Waals surface area contributed by atoms with Gasteiger partial charge in [-0.05, 0) is 55.3 Å². The summed E-state index contributed by atoms with van der Waals surface area (Å²) in [5, 5.41) is 9.80. The molecule has 0 amide bonds. The number of hydrogen-bond acceptors (Lipinski definition) is 2. The molecule has 1 saturated heterocycles. The minimum atomic E-state index is 0.263. The molecule has 2 fully saturated rings. The number of aromatic hydroxyl groups is 1. The van der Waals surface area contributed by atoms with Crippen molar-refractivity contribution >= 4 is 0 Å². The van der Waals surface area contributed by atoms with Gasteiger partial charge in [-0.3, -0.25) is 0 Å². The van der Waals surface area contributed by atoms with Crippen LogP contribution in [0.5, 0.6) is 5.75 Å². The van der Waals surface area contributed by atoms with Crippen molar-refractivity contribution in [2.24, 2.45) is 5.41 Å². The van der Waals surface area contributed by atoms with E-state index in [1.807, 2.05) is 12.1 Å². The first-order valence-electron chi connectivity index (χ1n) is 8.07. The van der Waals surface area contributed by atoms with Crippen LogP contribution in [0.1, 0.15) is 51.5 Å². The van der Waals surface area contributed by atoms with Crippen LogP contribution in [0.2, 0.25) is 0 Å². The number of likely N-dealkylation sites (tertiary alicyclic amines) is 1. The third-order valence-electron chi connectivity index (χ3n) is 5.33. The topological polar surface area (TPSA) is 23.5 Å². The molecule has 1 saturated carbocycles. The molecule has 1 aliphatic carbocycles. The van der Waals surface area contributed by atoms with E-state index in [0.29, 0.717) is 11.2 Å². The highest BCUT2D eigenvalue weighted by Crippen LogP contribution is 2.48. The number of hydrogen-bond donors (Lipinski definition) is 1. The van der Waals surface area contributed by atoms with Gasteiger partial charge in [0.15, 0.2) is 0 Å². The Balaban J connectivity index is 1.79. The first-order valence-corrected chi connectivity index (χ1v) is 8.07. The van der Waals surface area contributed by atoms with E-state index in [0.717, 1.165) is 0 Å². The summed E-state index contributed by atoms with van der Waals surface area (Å²) in [5.41, 5.74) is 2.20. The summed E-state index contributed by atoms with van der Waals surface area (Å²) in [7, 11) is 0. The van der Waals surface area contributed by atoms with Gasteiger partial charge < -0.3 is 10.0 Å². The zero-order chi connectivity index (χ0) is 14.2. The third kappa shape index (κ3) is 2.71. The number of phenols is 1. The van der Waals surface area contributed by atoms with Crippen LogP contribution in [-0.2, 0) is 5.41 Å². The van der Waals surface area contributed by atoms with Crippen LogP contribution in [0.15, 0.2) is 24.3 Å². The second-order valence-electron chi connectivity index (χ2n) is 7.35. The van der Waals surface area contributed by atoms with Crippen molar-refractivity contribution in [2.45, 2.75) is 51.4 Å². The van der Waals surface area contributed by atoms with Crippen molar-refractivity contribution in [3.05, 3.63) is 29.8 Å². The second kappa shape index (κ2) is 5.07. The summed E-state index contributed by atoms with van der Waals surface area (Å²) >= 11 is 0. The Labute approximate surface area is 122 Å². The maximum atomic E-state index is 9.80. The molecule has 1 aromatic rings. The third-order valence-corrected chi connectivity index (χ3v) is 5.33. The molecule has 0 spiro atoms. The highest BCUT2D eigenvalue weighted by atomic mass is 16.3. The van der Waals surface area contributed by atoms with E-state index < -0.39 is 0 Å². The molecule has 0 unspecified atom stereocenters. The molecular formula is C18H27NO. The molecular weight excluding hydrogens is 246 g/mol. The monoisotopic (exact) mass is 273 g/mol. The Hall–Kier alpha value is -1.02. The molecule has 2 aliphatic rings. The maximum absolute atomic E-state index is 9.80. The number of rotatable bonds is 5. The van der Waals surface area contributed by atoms with E-state index in [1.54, 1.807) is 6.07 Å².